The van der Waals surface area contributed by atoms with Crippen LogP contribution in [0.1, 0.15) is 58.5 Å². The summed E-state index contributed by atoms with van der Waals surface area (Å²) in [6.07, 6.45) is 1.66. The standard InChI is InChI=1S/C33H33NO6S.Li.H/c1-20-7-5-6-8-25(20)27-19-24(13-14-26(27)32(36)34-28(33(37)38)17-18-41-4)31(39-3)30-16-15-29(40-30)23-11-9-22(10-12-23)21(2)35;;/h5-16,19,28,31H,17-18H2,1-4H3,(H,34,36)(H,37,38);;/q;+1;-1. The number of hydrogen-bond donors (Lipinski definition) is 2. The van der Waals surface area contributed by atoms with Crippen molar-refractivity contribution in [3.63, 3.8) is 0 Å². The zero-order chi connectivity index (χ0) is 29.5. The van der Waals surface area contributed by atoms with Crippen LogP contribution in [-0.2, 0) is 9.53 Å². The molecule has 9 heteroatoms. The first-order chi connectivity index (χ1) is 19.7. The molecule has 2 N–H and O–H groups in total. The first-order valence-corrected chi connectivity index (χ1v) is 14.6. The van der Waals surface area contributed by atoms with Gasteiger partial charge in [-0.1, -0.05) is 54.6 Å². The van der Waals surface area contributed by atoms with E-state index < -0.39 is 24.0 Å². The van der Waals surface area contributed by atoms with Crippen LogP contribution >= 0.6 is 11.8 Å². The minimum atomic E-state index is -1.06. The Morgan fingerprint density at radius 3 is 2.33 bits per heavy atom. The van der Waals surface area contributed by atoms with Crippen LogP contribution in [-0.4, -0.2) is 47.9 Å². The van der Waals surface area contributed by atoms with Crippen LogP contribution in [0.4, 0.5) is 0 Å². The van der Waals surface area contributed by atoms with Crippen molar-refractivity contribution >= 4 is 29.4 Å². The van der Waals surface area contributed by atoms with Gasteiger partial charge in [-0.05, 0) is 78.8 Å². The second kappa shape index (κ2) is 15.1. The molecule has 3 aromatic carbocycles. The number of rotatable bonds is 12. The molecule has 4 rings (SSSR count). The molecule has 0 aliphatic rings. The monoisotopic (exact) mass is 579 g/mol. The second-order valence-electron chi connectivity index (χ2n) is 9.72. The molecule has 2 unspecified atom stereocenters. The van der Waals surface area contributed by atoms with E-state index >= 15 is 0 Å². The third-order valence-corrected chi connectivity index (χ3v) is 7.58. The van der Waals surface area contributed by atoms with Gasteiger partial charge in [0.25, 0.3) is 5.91 Å². The maximum absolute atomic E-state index is 13.4. The number of ether oxygens (including phenoxy) is 1. The molecule has 2 atom stereocenters. The van der Waals surface area contributed by atoms with Crippen LogP contribution in [0.3, 0.4) is 0 Å². The summed E-state index contributed by atoms with van der Waals surface area (Å²) >= 11 is 1.53. The first-order valence-electron chi connectivity index (χ1n) is 13.2. The Hall–Kier alpha value is -3.54. The van der Waals surface area contributed by atoms with Crippen LogP contribution in [0.15, 0.2) is 83.3 Å². The molecule has 1 heterocycles. The van der Waals surface area contributed by atoms with E-state index in [0.29, 0.717) is 40.4 Å². The van der Waals surface area contributed by atoms with Gasteiger partial charge in [0, 0.05) is 23.8 Å². The summed E-state index contributed by atoms with van der Waals surface area (Å²) in [6.45, 7) is 3.49. The number of carbonyl (C=O) groups is 3. The zero-order valence-electron chi connectivity index (χ0n) is 25.5. The van der Waals surface area contributed by atoms with Gasteiger partial charge >= 0.3 is 24.8 Å². The molecule has 214 valence electrons. The summed E-state index contributed by atoms with van der Waals surface area (Å²) < 4.78 is 12.0. The van der Waals surface area contributed by atoms with Crippen LogP contribution in [0.2, 0.25) is 0 Å². The number of carboxylic acids is 1. The van der Waals surface area contributed by atoms with Gasteiger partial charge in [-0.15, -0.1) is 0 Å². The van der Waals surface area contributed by atoms with Gasteiger partial charge in [0.1, 0.15) is 23.7 Å². The van der Waals surface area contributed by atoms with Crippen molar-refractivity contribution in [2.45, 2.75) is 32.4 Å². The van der Waals surface area contributed by atoms with Gasteiger partial charge in [0.2, 0.25) is 0 Å². The molecule has 0 bridgehead atoms. The normalized spacial score (nSPS) is 12.2. The van der Waals surface area contributed by atoms with Gasteiger partial charge < -0.3 is 21.0 Å². The zero-order valence-corrected chi connectivity index (χ0v) is 25.3. The molecule has 0 saturated heterocycles. The van der Waals surface area contributed by atoms with Crippen molar-refractivity contribution in [1.29, 1.82) is 0 Å². The summed E-state index contributed by atoms with van der Waals surface area (Å²) in [5.74, 6) is 0.307. The molecule has 42 heavy (non-hydrogen) atoms. The molecular formula is C33H34LiNO6S. The van der Waals surface area contributed by atoms with E-state index in [0.717, 1.165) is 22.3 Å². The van der Waals surface area contributed by atoms with Crippen molar-refractivity contribution in [2.75, 3.05) is 19.1 Å². The molecule has 0 saturated carbocycles. The summed E-state index contributed by atoms with van der Waals surface area (Å²) in [4.78, 5) is 36.9. The van der Waals surface area contributed by atoms with E-state index in [1.807, 2.05) is 67.8 Å². The molecule has 0 fully saturated rings. The Balaban J connectivity index is 0.00000323. The van der Waals surface area contributed by atoms with Crippen LogP contribution in [0.5, 0.6) is 0 Å². The van der Waals surface area contributed by atoms with Crippen molar-refractivity contribution in [3.05, 3.63) is 107 Å². The quantitative estimate of drug-likeness (QED) is 0.194. The van der Waals surface area contributed by atoms with Crippen molar-refractivity contribution in [3.8, 4) is 22.5 Å². The molecule has 1 aromatic heterocycles. The Kier molecular flexibility index (Phi) is 11.8. The number of aryl methyl sites for hydroxylation is 1. The third kappa shape index (κ3) is 7.64. The van der Waals surface area contributed by atoms with Gasteiger partial charge in [0.05, 0.1) is 0 Å². The SMILES string of the molecule is COC(c1ccc(C(=O)NC(CCSC)C(=O)O)c(-c2ccccc2C)c1)c1ccc(-c2ccc(C(C)=O)cc2)o1.[H-].[Li+]. The fraction of sp³-hybridized carbons (Fsp3) is 0.242. The fourth-order valence-electron chi connectivity index (χ4n) is 4.68. The van der Waals surface area contributed by atoms with E-state index in [9.17, 15) is 19.5 Å². The van der Waals surface area contributed by atoms with Crippen LogP contribution in [0, 0.1) is 6.92 Å². The third-order valence-electron chi connectivity index (χ3n) is 6.94. The van der Waals surface area contributed by atoms with Crippen molar-refractivity contribution in [2.24, 2.45) is 0 Å². The number of thioether (sulfide) groups is 1. The van der Waals surface area contributed by atoms with E-state index in [2.05, 4.69) is 5.32 Å². The van der Waals surface area contributed by atoms with Gasteiger partial charge in [-0.2, -0.15) is 11.8 Å². The Bertz CT molecular complexity index is 1560. The van der Waals surface area contributed by atoms with Gasteiger partial charge in [0.15, 0.2) is 5.78 Å². The Labute approximate surface area is 263 Å². The van der Waals surface area contributed by atoms with E-state index in [4.69, 9.17) is 9.15 Å². The average molecular weight is 580 g/mol. The number of Topliss-reactive ketones (excluding diaryl/α,β-unsaturated/α-hetero) is 1. The average Bonchev–Trinajstić information content (AvgIpc) is 3.45. The Morgan fingerprint density at radius 2 is 1.71 bits per heavy atom. The molecular weight excluding hydrogens is 545 g/mol. The van der Waals surface area contributed by atoms with E-state index in [1.165, 1.54) is 18.7 Å². The summed E-state index contributed by atoms with van der Waals surface area (Å²) in [5, 5.41) is 12.4. The molecule has 0 aliphatic carbocycles. The maximum atomic E-state index is 13.4. The number of hydrogen-bond acceptors (Lipinski definition) is 6. The Morgan fingerprint density at radius 1 is 1.00 bits per heavy atom. The predicted molar refractivity (Wildman–Crippen MR) is 163 cm³/mol. The number of nitrogens with one attached hydrogen (secondary N) is 1. The van der Waals surface area contributed by atoms with Crippen molar-refractivity contribution < 1.29 is 48.9 Å². The molecule has 0 radical (unpaired) electrons. The summed E-state index contributed by atoms with van der Waals surface area (Å²) in [6, 6.07) is 23.1. The number of ketones is 1. The molecule has 7 nitrogen and oxygen atoms in total. The van der Waals surface area contributed by atoms with Crippen molar-refractivity contribution in [1.82, 2.24) is 5.32 Å². The number of aliphatic carboxylic acids is 1. The number of amides is 1. The fourth-order valence-corrected chi connectivity index (χ4v) is 5.16. The number of benzene rings is 3. The minimum absolute atomic E-state index is 0. The summed E-state index contributed by atoms with van der Waals surface area (Å²) in [7, 11) is 1.59. The smallest absolute Gasteiger partial charge is 1.00 e. The van der Waals surface area contributed by atoms with Crippen LogP contribution in [0.25, 0.3) is 22.5 Å². The molecule has 1 amide bonds. The van der Waals surface area contributed by atoms with E-state index in [1.54, 1.807) is 31.4 Å². The van der Waals surface area contributed by atoms with Gasteiger partial charge in [-0.25, -0.2) is 4.79 Å². The minimum Gasteiger partial charge on any atom is -1.00 e. The second-order valence-corrected chi connectivity index (χ2v) is 10.7. The molecule has 0 aliphatic heterocycles. The molecule has 0 spiro atoms. The number of furan rings is 1. The first kappa shape index (κ1) is 33.0. The van der Waals surface area contributed by atoms with E-state index in [-0.39, 0.29) is 26.1 Å². The number of methoxy groups -OCH3 is 1. The largest absolute Gasteiger partial charge is 1.00 e. The molecule has 4 aromatic rings. The van der Waals surface area contributed by atoms with Gasteiger partial charge in [-0.3, -0.25) is 9.59 Å². The topological polar surface area (TPSA) is 106 Å². The summed E-state index contributed by atoms with van der Waals surface area (Å²) in [5.41, 5.74) is 5.10. The predicted octanol–water partition coefficient (Wildman–Crippen LogP) is 3.91. The number of carboxylic acid groups (broad SMARTS) is 1. The number of carbonyl (C=O) groups excluding carboxylic acids is 2. The maximum Gasteiger partial charge on any atom is 1.00 e. The van der Waals surface area contributed by atoms with Crippen LogP contribution < -0.4 is 24.2 Å².